The molecule has 0 bridgehead atoms. The quantitative estimate of drug-likeness (QED) is 0.675. The Bertz CT molecular complexity index is 1000. The highest BCUT2D eigenvalue weighted by Gasteiger charge is 2.13. The molecule has 0 radical (unpaired) electrons. The van der Waals surface area contributed by atoms with Gasteiger partial charge in [-0.15, -0.1) is 11.8 Å². The van der Waals surface area contributed by atoms with Gasteiger partial charge in [-0.25, -0.2) is 4.98 Å². The molecular weight excluding hydrogens is 366 g/mol. The largest absolute Gasteiger partial charge is 0.355 e. The van der Waals surface area contributed by atoms with E-state index in [0.717, 1.165) is 43.0 Å². The van der Waals surface area contributed by atoms with Crippen molar-refractivity contribution in [1.29, 1.82) is 0 Å². The Morgan fingerprint density at radius 1 is 1.11 bits per heavy atom. The van der Waals surface area contributed by atoms with Crippen molar-refractivity contribution in [3.05, 3.63) is 59.7 Å². The molecule has 1 aliphatic heterocycles. The highest BCUT2D eigenvalue weighted by Crippen LogP contribution is 2.27. The van der Waals surface area contributed by atoms with Crippen LogP contribution in [0.15, 0.2) is 53.4 Å². The number of amides is 1. The summed E-state index contributed by atoms with van der Waals surface area (Å²) in [5.74, 6) is 0.153. The van der Waals surface area contributed by atoms with E-state index in [1.54, 1.807) is 11.8 Å². The molecule has 0 spiro atoms. The number of aryl methyl sites for hydroxylation is 1. The van der Waals surface area contributed by atoms with Crippen LogP contribution >= 0.6 is 11.8 Å². The van der Waals surface area contributed by atoms with Crippen LogP contribution in [-0.4, -0.2) is 41.7 Å². The number of nitrogens with one attached hydrogen (secondary N) is 1. The first kappa shape index (κ1) is 19.0. The molecule has 2 aromatic carbocycles. The van der Waals surface area contributed by atoms with Crippen molar-refractivity contribution < 1.29 is 4.79 Å². The van der Waals surface area contributed by atoms with Crippen LogP contribution in [0.2, 0.25) is 0 Å². The second-order valence-electron chi connectivity index (χ2n) is 7.28. The van der Waals surface area contributed by atoms with Crippen molar-refractivity contribution in [2.24, 2.45) is 0 Å². The summed E-state index contributed by atoms with van der Waals surface area (Å²) in [6.45, 7) is 5.47. The third kappa shape index (κ3) is 4.21. The van der Waals surface area contributed by atoms with Crippen molar-refractivity contribution in [3.63, 3.8) is 0 Å². The van der Waals surface area contributed by atoms with Crippen molar-refractivity contribution in [1.82, 2.24) is 15.2 Å². The number of fused-ring (bicyclic) bond motifs is 1. The fourth-order valence-electron chi connectivity index (χ4n) is 3.67. The summed E-state index contributed by atoms with van der Waals surface area (Å²) in [6.07, 6.45) is 2.67. The first-order valence-corrected chi connectivity index (χ1v) is 10.9. The molecule has 4 rings (SSSR count). The second kappa shape index (κ2) is 8.33. The lowest BCUT2D eigenvalue weighted by atomic mass is 10.0. The van der Waals surface area contributed by atoms with Gasteiger partial charge in [-0.2, -0.15) is 0 Å². The number of hydrogen-bond acceptors (Lipinski definition) is 4. The lowest BCUT2D eigenvalue weighted by Crippen LogP contribution is -2.28. The standard InChI is InChI=1S/C23H25N3OS/c1-16-13-21(25-22-14-19(28-2)7-8-20(16)22)18-5-3-17(4-6-18)15-26-11-9-23(27)24-10-12-26/h3-8,13-14H,9-12,15H2,1-2H3,(H,24,27). The topological polar surface area (TPSA) is 45.2 Å². The summed E-state index contributed by atoms with van der Waals surface area (Å²) in [5, 5.41) is 4.14. The van der Waals surface area contributed by atoms with Crippen LogP contribution in [0.5, 0.6) is 0 Å². The van der Waals surface area contributed by atoms with Crippen LogP contribution < -0.4 is 5.32 Å². The molecule has 0 unspecified atom stereocenters. The van der Waals surface area contributed by atoms with E-state index < -0.39 is 0 Å². The van der Waals surface area contributed by atoms with Crippen molar-refractivity contribution >= 4 is 28.6 Å². The minimum absolute atomic E-state index is 0.153. The number of nitrogens with zero attached hydrogens (tertiary/aromatic N) is 2. The Hall–Kier alpha value is -2.37. The Labute approximate surface area is 170 Å². The minimum Gasteiger partial charge on any atom is -0.355 e. The Balaban J connectivity index is 1.55. The van der Waals surface area contributed by atoms with E-state index in [0.29, 0.717) is 6.42 Å². The molecule has 28 heavy (non-hydrogen) atoms. The molecule has 0 atom stereocenters. The zero-order valence-corrected chi connectivity index (χ0v) is 17.2. The molecule has 3 aromatic rings. The highest BCUT2D eigenvalue weighted by atomic mass is 32.2. The van der Waals surface area contributed by atoms with Gasteiger partial charge >= 0.3 is 0 Å². The summed E-state index contributed by atoms with van der Waals surface area (Å²) in [5.41, 5.74) is 5.71. The summed E-state index contributed by atoms with van der Waals surface area (Å²) >= 11 is 1.74. The van der Waals surface area contributed by atoms with E-state index in [9.17, 15) is 4.79 Å². The predicted octanol–water partition coefficient (Wildman–Crippen LogP) is 4.25. The molecule has 0 aliphatic carbocycles. The van der Waals surface area contributed by atoms with Gasteiger partial charge in [0.15, 0.2) is 0 Å². The van der Waals surface area contributed by atoms with Crippen LogP contribution in [0, 0.1) is 6.92 Å². The molecule has 0 saturated carbocycles. The van der Waals surface area contributed by atoms with Crippen LogP contribution in [0.25, 0.3) is 22.2 Å². The second-order valence-corrected chi connectivity index (χ2v) is 8.16. The number of hydrogen-bond donors (Lipinski definition) is 1. The van der Waals surface area contributed by atoms with E-state index in [2.05, 4.69) is 71.9 Å². The van der Waals surface area contributed by atoms with Crippen LogP contribution in [-0.2, 0) is 11.3 Å². The molecule has 144 valence electrons. The number of aromatic nitrogens is 1. The number of carbonyl (C=O) groups is 1. The van der Waals surface area contributed by atoms with Gasteiger partial charge in [0.05, 0.1) is 11.2 Å². The summed E-state index contributed by atoms with van der Waals surface area (Å²) in [7, 11) is 0. The van der Waals surface area contributed by atoms with Crippen LogP contribution in [0.4, 0.5) is 0 Å². The maximum atomic E-state index is 11.5. The molecule has 2 heterocycles. The molecular formula is C23H25N3OS. The highest BCUT2D eigenvalue weighted by molar-refractivity contribution is 7.98. The smallest absolute Gasteiger partial charge is 0.221 e. The van der Waals surface area contributed by atoms with Gasteiger partial charge in [-0.3, -0.25) is 9.69 Å². The lowest BCUT2D eigenvalue weighted by Gasteiger charge is -2.19. The molecule has 1 aliphatic rings. The molecule has 1 N–H and O–H groups in total. The van der Waals surface area contributed by atoms with E-state index in [1.807, 2.05) is 0 Å². The summed E-state index contributed by atoms with van der Waals surface area (Å²) < 4.78 is 0. The van der Waals surface area contributed by atoms with Crippen LogP contribution in [0.1, 0.15) is 17.5 Å². The molecule has 1 amide bonds. The van der Waals surface area contributed by atoms with Gasteiger partial charge in [0.1, 0.15) is 0 Å². The third-order valence-corrected chi connectivity index (χ3v) is 6.01. The average molecular weight is 392 g/mol. The molecule has 1 saturated heterocycles. The first-order valence-electron chi connectivity index (χ1n) is 9.66. The number of pyridine rings is 1. The fraction of sp³-hybridized carbons (Fsp3) is 0.304. The Morgan fingerprint density at radius 2 is 1.93 bits per heavy atom. The Morgan fingerprint density at radius 3 is 2.71 bits per heavy atom. The maximum absolute atomic E-state index is 11.5. The summed E-state index contributed by atoms with van der Waals surface area (Å²) in [6, 6.07) is 17.3. The zero-order valence-electron chi connectivity index (χ0n) is 16.4. The number of benzene rings is 2. The lowest BCUT2D eigenvalue weighted by molar-refractivity contribution is -0.120. The van der Waals surface area contributed by atoms with E-state index in [1.165, 1.54) is 21.4 Å². The number of thioether (sulfide) groups is 1. The third-order valence-electron chi connectivity index (χ3n) is 5.29. The number of carbonyl (C=O) groups excluding carboxylic acids is 1. The van der Waals surface area contributed by atoms with Crippen molar-refractivity contribution in [2.75, 3.05) is 25.9 Å². The van der Waals surface area contributed by atoms with Crippen LogP contribution in [0.3, 0.4) is 0 Å². The van der Waals surface area contributed by atoms with E-state index in [-0.39, 0.29) is 5.91 Å². The van der Waals surface area contributed by atoms with Gasteiger partial charge in [0.25, 0.3) is 0 Å². The monoisotopic (exact) mass is 391 g/mol. The van der Waals surface area contributed by atoms with E-state index >= 15 is 0 Å². The SMILES string of the molecule is CSc1ccc2c(C)cc(-c3ccc(CN4CCNC(=O)CC4)cc3)nc2c1. The molecule has 5 heteroatoms. The predicted molar refractivity (Wildman–Crippen MR) is 117 cm³/mol. The fourth-order valence-corrected chi connectivity index (χ4v) is 4.10. The van der Waals surface area contributed by atoms with Gasteiger partial charge in [-0.05, 0) is 42.5 Å². The van der Waals surface area contributed by atoms with Gasteiger partial charge in [0, 0.05) is 48.4 Å². The molecule has 1 aromatic heterocycles. The Kier molecular flexibility index (Phi) is 5.64. The molecule has 1 fully saturated rings. The maximum Gasteiger partial charge on any atom is 0.221 e. The average Bonchev–Trinajstić information content (AvgIpc) is 2.92. The summed E-state index contributed by atoms with van der Waals surface area (Å²) in [4.78, 5) is 20.0. The number of rotatable bonds is 4. The normalized spacial score (nSPS) is 15.4. The minimum atomic E-state index is 0.153. The van der Waals surface area contributed by atoms with E-state index in [4.69, 9.17) is 4.98 Å². The van der Waals surface area contributed by atoms with Crippen molar-refractivity contribution in [2.45, 2.75) is 24.8 Å². The van der Waals surface area contributed by atoms with Gasteiger partial charge in [-0.1, -0.05) is 30.3 Å². The van der Waals surface area contributed by atoms with Gasteiger partial charge in [0.2, 0.25) is 5.91 Å². The first-order chi connectivity index (χ1) is 13.6. The van der Waals surface area contributed by atoms with Gasteiger partial charge < -0.3 is 5.32 Å². The molecule has 4 nitrogen and oxygen atoms in total. The van der Waals surface area contributed by atoms with Crippen molar-refractivity contribution in [3.8, 4) is 11.3 Å². The zero-order chi connectivity index (χ0) is 19.5.